The summed E-state index contributed by atoms with van der Waals surface area (Å²) >= 11 is 6.25. The lowest BCUT2D eigenvalue weighted by atomic mass is 10.1. The van der Waals surface area contributed by atoms with Gasteiger partial charge in [0.15, 0.2) is 0 Å². The molecule has 88 valence electrons. The van der Waals surface area contributed by atoms with Crippen molar-refractivity contribution in [2.45, 2.75) is 32.3 Å². The fourth-order valence-electron chi connectivity index (χ4n) is 2.17. The molecule has 2 rings (SSSR count). The predicted octanol–water partition coefficient (Wildman–Crippen LogP) is 3.38. The number of halogens is 1. The van der Waals surface area contributed by atoms with E-state index in [9.17, 15) is 5.11 Å². The second-order valence-electron chi connectivity index (χ2n) is 4.43. The Morgan fingerprint density at radius 3 is 2.50 bits per heavy atom. The highest BCUT2D eigenvalue weighted by atomic mass is 35.5. The smallest absolute Gasteiger partial charge is 0.0762 e. The molecule has 1 heterocycles. The molecule has 1 aliphatic heterocycles. The van der Waals surface area contributed by atoms with Gasteiger partial charge in [0.25, 0.3) is 0 Å². The third kappa shape index (κ3) is 2.50. The largest absolute Gasteiger partial charge is 0.389 e. The van der Waals surface area contributed by atoms with Crippen LogP contribution in [0.3, 0.4) is 0 Å². The second kappa shape index (κ2) is 5.07. The lowest BCUT2D eigenvalue weighted by Crippen LogP contribution is -2.29. The Morgan fingerprint density at radius 2 is 1.94 bits per heavy atom. The number of hydrogen-bond acceptors (Lipinski definition) is 2. The molecule has 0 radical (unpaired) electrons. The van der Waals surface area contributed by atoms with Gasteiger partial charge in [0.1, 0.15) is 0 Å². The zero-order chi connectivity index (χ0) is 11.5. The summed E-state index contributed by atoms with van der Waals surface area (Å²) in [7, 11) is 0. The molecule has 16 heavy (non-hydrogen) atoms. The quantitative estimate of drug-likeness (QED) is 0.855. The minimum Gasteiger partial charge on any atom is -0.389 e. The van der Waals surface area contributed by atoms with Crippen molar-refractivity contribution in [3.8, 4) is 0 Å². The molecule has 0 bridgehead atoms. The number of piperidine rings is 1. The fraction of sp³-hybridized carbons (Fsp3) is 0.538. The third-order valence-corrected chi connectivity index (χ3v) is 3.45. The first-order valence-corrected chi connectivity index (χ1v) is 6.29. The maximum atomic E-state index is 9.48. The summed E-state index contributed by atoms with van der Waals surface area (Å²) < 4.78 is 0. The monoisotopic (exact) mass is 239 g/mol. The number of aliphatic hydroxyl groups is 1. The average Bonchev–Trinajstić information content (AvgIpc) is 2.30. The fourth-order valence-corrected chi connectivity index (χ4v) is 2.48. The van der Waals surface area contributed by atoms with E-state index in [1.807, 2.05) is 18.2 Å². The van der Waals surface area contributed by atoms with Gasteiger partial charge in [-0.25, -0.2) is 0 Å². The van der Waals surface area contributed by atoms with E-state index in [0.717, 1.165) is 29.4 Å². The molecule has 0 saturated carbocycles. The van der Waals surface area contributed by atoms with E-state index < -0.39 is 6.10 Å². The van der Waals surface area contributed by atoms with Gasteiger partial charge in [0.05, 0.1) is 16.8 Å². The minimum absolute atomic E-state index is 0.451. The summed E-state index contributed by atoms with van der Waals surface area (Å²) in [6, 6.07) is 5.85. The van der Waals surface area contributed by atoms with E-state index in [0.29, 0.717) is 0 Å². The third-order valence-electron chi connectivity index (χ3n) is 3.15. The van der Waals surface area contributed by atoms with Crippen molar-refractivity contribution < 1.29 is 5.11 Å². The van der Waals surface area contributed by atoms with E-state index in [2.05, 4.69) is 4.90 Å². The first-order valence-electron chi connectivity index (χ1n) is 5.91. The molecule has 1 aromatic carbocycles. The molecule has 1 aromatic rings. The summed E-state index contributed by atoms with van der Waals surface area (Å²) in [4.78, 5) is 2.33. The van der Waals surface area contributed by atoms with E-state index >= 15 is 0 Å². The highest BCUT2D eigenvalue weighted by Gasteiger charge is 2.14. The van der Waals surface area contributed by atoms with Crippen LogP contribution in [-0.4, -0.2) is 18.2 Å². The molecule has 1 N–H and O–H groups in total. The molecule has 1 saturated heterocycles. The van der Waals surface area contributed by atoms with Crippen LogP contribution in [0.4, 0.5) is 5.69 Å². The highest BCUT2D eigenvalue weighted by molar-refractivity contribution is 6.33. The Bertz CT molecular complexity index is 359. The number of anilines is 1. The van der Waals surface area contributed by atoms with Crippen molar-refractivity contribution in [1.82, 2.24) is 0 Å². The van der Waals surface area contributed by atoms with Crippen LogP contribution >= 0.6 is 11.6 Å². The highest BCUT2D eigenvalue weighted by Crippen LogP contribution is 2.30. The molecule has 3 heteroatoms. The summed E-state index contributed by atoms with van der Waals surface area (Å²) in [5, 5.41) is 10.2. The van der Waals surface area contributed by atoms with E-state index in [-0.39, 0.29) is 0 Å². The molecule has 0 amide bonds. The van der Waals surface area contributed by atoms with Crippen molar-refractivity contribution in [1.29, 1.82) is 0 Å². The van der Waals surface area contributed by atoms with Crippen molar-refractivity contribution >= 4 is 17.3 Å². The predicted molar refractivity (Wildman–Crippen MR) is 68.1 cm³/mol. The van der Waals surface area contributed by atoms with Crippen LogP contribution in [0.15, 0.2) is 18.2 Å². The van der Waals surface area contributed by atoms with Gasteiger partial charge in [-0.1, -0.05) is 17.7 Å². The maximum Gasteiger partial charge on any atom is 0.0762 e. The van der Waals surface area contributed by atoms with Crippen molar-refractivity contribution in [2.24, 2.45) is 0 Å². The van der Waals surface area contributed by atoms with Gasteiger partial charge >= 0.3 is 0 Å². The molecule has 0 unspecified atom stereocenters. The average molecular weight is 240 g/mol. The first kappa shape index (κ1) is 11.7. The Morgan fingerprint density at radius 1 is 1.25 bits per heavy atom. The normalized spacial score (nSPS) is 18.6. The lowest BCUT2D eigenvalue weighted by molar-refractivity contribution is 0.199. The number of aliphatic hydroxyl groups excluding tert-OH is 1. The van der Waals surface area contributed by atoms with Crippen LogP contribution in [-0.2, 0) is 0 Å². The number of benzene rings is 1. The van der Waals surface area contributed by atoms with E-state index in [4.69, 9.17) is 11.6 Å². The van der Waals surface area contributed by atoms with Crippen LogP contribution in [0.5, 0.6) is 0 Å². The summed E-state index contributed by atoms with van der Waals surface area (Å²) in [6.07, 6.45) is 3.36. The van der Waals surface area contributed by atoms with Crippen molar-refractivity contribution in [3.05, 3.63) is 28.8 Å². The molecular formula is C13H18ClNO. The van der Waals surface area contributed by atoms with Gasteiger partial charge in [-0.05, 0) is 43.9 Å². The van der Waals surface area contributed by atoms with Gasteiger partial charge in [-0.3, -0.25) is 0 Å². The number of rotatable bonds is 2. The second-order valence-corrected chi connectivity index (χ2v) is 4.84. The number of nitrogens with zero attached hydrogens (tertiary/aromatic N) is 1. The Balaban J connectivity index is 2.21. The van der Waals surface area contributed by atoms with Crippen molar-refractivity contribution in [3.63, 3.8) is 0 Å². The molecule has 2 nitrogen and oxygen atoms in total. The van der Waals surface area contributed by atoms with Crippen LogP contribution < -0.4 is 4.90 Å². The summed E-state index contributed by atoms with van der Waals surface area (Å²) in [6.45, 7) is 3.94. The standard InChI is InChI=1S/C13H18ClNO/c1-10(16)11-5-6-13(12(14)9-11)15-7-3-2-4-8-15/h5-6,9-10,16H,2-4,7-8H2,1H3/t10-/m1/s1. The van der Waals surface area contributed by atoms with E-state index in [1.54, 1.807) is 6.92 Å². The lowest BCUT2D eigenvalue weighted by Gasteiger charge is -2.29. The van der Waals surface area contributed by atoms with Crippen molar-refractivity contribution in [2.75, 3.05) is 18.0 Å². The zero-order valence-electron chi connectivity index (χ0n) is 9.62. The summed E-state index contributed by atoms with van der Waals surface area (Å²) in [5.74, 6) is 0. The number of hydrogen-bond donors (Lipinski definition) is 1. The van der Waals surface area contributed by atoms with Crippen LogP contribution in [0, 0.1) is 0 Å². The van der Waals surface area contributed by atoms with Gasteiger partial charge in [0.2, 0.25) is 0 Å². The molecule has 1 aliphatic rings. The Hall–Kier alpha value is -0.730. The molecule has 0 spiro atoms. The Kier molecular flexibility index (Phi) is 3.72. The van der Waals surface area contributed by atoms with Gasteiger partial charge in [-0.2, -0.15) is 0 Å². The minimum atomic E-state index is -0.451. The van der Waals surface area contributed by atoms with Crippen LogP contribution in [0.25, 0.3) is 0 Å². The Labute approximate surface area is 102 Å². The van der Waals surface area contributed by atoms with Gasteiger partial charge < -0.3 is 10.0 Å². The maximum absolute atomic E-state index is 9.48. The molecule has 0 aromatic heterocycles. The SMILES string of the molecule is C[C@@H](O)c1ccc(N2CCCCC2)c(Cl)c1. The van der Waals surface area contributed by atoms with Gasteiger partial charge in [0, 0.05) is 13.1 Å². The first-order chi connectivity index (χ1) is 7.68. The molecule has 1 atom stereocenters. The topological polar surface area (TPSA) is 23.5 Å². The van der Waals surface area contributed by atoms with E-state index in [1.165, 1.54) is 19.3 Å². The molecule has 1 fully saturated rings. The van der Waals surface area contributed by atoms with Crippen LogP contribution in [0.1, 0.15) is 37.9 Å². The summed E-state index contributed by atoms with van der Waals surface area (Å²) in [5.41, 5.74) is 1.98. The molecular weight excluding hydrogens is 222 g/mol. The van der Waals surface area contributed by atoms with Gasteiger partial charge in [-0.15, -0.1) is 0 Å². The molecule has 0 aliphatic carbocycles. The van der Waals surface area contributed by atoms with Crippen LogP contribution in [0.2, 0.25) is 5.02 Å². The zero-order valence-corrected chi connectivity index (χ0v) is 10.4.